The summed E-state index contributed by atoms with van der Waals surface area (Å²) in [5.74, 6) is 0.715. The second-order valence-electron chi connectivity index (χ2n) is 7.33. The number of carbonyl (C=O) groups is 1. The smallest absolute Gasteiger partial charge is 0.407 e. The molecule has 9 heteroatoms. The van der Waals surface area contributed by atoms with Crippen LogP contribution < -0.4 is 11.1 Å². The van der Waals surface area contributed by atoms with Crippen LogP contribution in [-0.2, 0) is 16.0 Å². The van der Waals surface area contributed by atoms with Gasteiger partial charge in [0.15, 0.2) is 5.82 Å². The zero-order chi connectivity index (χ0) is 20.0. The molecular weight excluding hydrogens is 414 g/mol. The molecule has 3 N–H and O–H groups in total. The van der Waals surface area contributed by atoms with E-state index in [-0.39, 0.29) is 5.92 Å². The number of halogens is 1. The summed E-state index contributed by atoms with van der Waals surface area (Å²) in [7, 11) is 0. The molecule has 2 aromatic heterocycles. The Labute approximate surface area is 167 Å². The highest BCUT2D eigenvalue weighted by Crippen LogP contribution is 2.28. The number of alkyl carbamates (subject to hydrolysis) is 1. The van der Waals surface area contributed by atoms with Crippen molar-refractivity contribution in [2.24, 2.45) is 0 Å². The van der Waals surface area contributed by atoms with Gasteiger partial charge in [-0.05, 0) is 26.7 Å². The van der Waals surface area contributed by atoms with Crippen LogP contribution in [0.2, 0.25) is 0 Å². The Morgan fingerprint density at radius 1 is 1.37 bits per heavy atom. The number of aromatic nitrogens is 3. The highest BCUT2D eigenvalue weighted by molar-refractivity contribution is 9.09. The normalized spacial score (nSPS) is 12.9. The number of rotatable bonds is 8. The molecule has 0 aliphatic carbocycles. The summed E-state index contributed by atoms with van der Waals surface area (Å²) < 4.78 is 12.8. The van der Waals surface area contributed by atoms with E-state index < -0.39 is 11.7 Å². The van der Waals surface area contributed by atoms with E-state index in [0.29, 0.717) is 37.6 Å². The lowest BCUT2D eigenvalue weighted by Gasteiger charge is -2.19. The number of carbonyl (C=O) groups excluding carboxylic acids is 1. The monoisotopic (exact) mass is 441 g/mol. The molecule has 0 saturated heterocycles. The zero-order valence-corrected chi connectivity index (χ0v) is 17.9. The quantitative estimate of drug-likeness (QED) is 0.481. The molecule has 1 unspecified atom stereocenters. The van der Waals surface area contributed by atoms with Crippen molar-refractivity contribution in [3.05, 3.63) is 18.1 Å². The first-order valence-electron chi connectivity index (χ1n) is 8.92. The summed E-state index contributed by atoms with van der Waals surface area (Å²) in [4.78, 5) is 20.2. The number of fused-ring (bicyclic) bond motifs is 1. The molecule has 0 fully saturated rings. The number of hydrogen-bond donors (Lipinski definition) is 2. The van der Waals surface area contributed by atoms with Crippen LogP contribution in [0.3, 0.4) is 0 Å². The van der Waals surface area contributed by atoms with Gasteiger partial charge in [-0.25, -0.2) is 14.8 Å². The van der Waals surface area contributed by atoms with Gasteiger partial charge in [0.2, 0.25) is 0 Å². The minimum atomic E-state index is -0.506. The Bertz CT molecular complexity index is 772. The summed E-state index contributed by atoms with van der Waals surface area (Å²) >= 11 is 3.52. The van der Waals surface area contributed by atoms with Crippen molar-refractivity contribution in [1.82, 2.24) is 19.9 Å². The predicted octanol–water partition coefficient (Wildman–Crippen LogP) is 3.05. The molecule has 0 aliphatic heterocycles. The van der Waals surface area contributed by atoms with Crippen LogP contribution in [-0.4, -0.2) is 51.3 Å². The van der Waals surface area contributed by atoms with Crippen LogP contribution in [0, 0.1) is 0 Å². The topological polar surface area (TPSA) is 104 Å². The third-order valence-electron chi connectivity index (χ3n) is 3.85. The minimum Gasteiger partial charge on any atom is -0.444 e. The Kier molecular flexibility index (Phi) is 7.43. The van der Waals surface area contributed by atoms with Gasteiger partial charge in [-0.3, -0.25) is 0 Å². The fourth-order valence-electron chi connectivity index (χ4n) is 2.55. The lowest BCUT2D eigenvalue weighted by molar-refractivity contribution is 0.0497. The van der Waals surface area contributed by atoms with Gasteiger partial charge in [-0.15, -0.1) is 0 Å². The van der Waals surface area contributed by atoms with Gasteiger partial charge in [0.05, 0.1) is 25.1 Å². The van der Waals surface area contributed by atoms with E-state index in [1.165, 1.54) is 0 Å². The number of nitrogens with one attached hydrogen (secondary N) is 1. The molecule has 0 saturated carbocycles. The van der Waals surface area contributed by atoms with Crippen LogP contribution in [0.5, 0.6) is 0 Å². The van der Waals surface area contributed by atoms with Crippen LogP contribution in [0.4, 0.5) is 10.6 Å². The fourth-order valence-corrected chi connectivity index (χ4v) is 2.90. The van der Waals surface area contributed by atoms with Gasteiger partial charge >= 0.3 is 6.09 Å². The second-order valence-corrected chi connectivity index (χ2v) is 7.98. The van der Waals surface area contributed by atoms with E-state index in [4.69, 9.17) is 15.2 Å². The van der Waals surface area contributed by atoms with Crippen LogP contribution >= 0.6 is 15.9 Å². The van der Waals surface area contributed by atoms with Crippen molar-refractivity contribution >= 4 is 38.9 Å². The molecule has 150 valence electrons. The van der Waals surface area contributed by atoms with E-state index >= 15 is 0 Å². The molecule has 0 spiro atoms. The Morgan fingerprint density at radius 3 is 2.78 bits per heavy atom. The lowest BCUT2D eigenvalue weighted by atomic mass is 10.0. The van der Waals surface area contributed by atoms with Gasteiger partial charge in [-0.1, -0.05) is 22.9 Å². The standard InChI is InChI=1S/C18H28BrN5O3/c1-12(9-19)13-10-22-16(20)14-15(13)24(11-23-14)6-8-26-7-5-21-17(25)27-18(2,3)4/h10-12H,5-9H2,1-4H3,(H2,20,22)(H,21,25). The van der Waals surface area contributed by atoms with Crippen LogP contribution in [0.25, 0.3) is 11.0 Å². The van der Waals surface area contributed by atoms with E-state index in [0.717, 1.165) is 16.4 Å². The van der Waals surface area contributed by atoms with Crippen LogP contribution in [0.1, 0.15) is 39.2 Å². The minimum absolute atomic E-state index is 0.287. The van der Waals surface area contributed by atoms with Crippen molar-refractivity contribution in [2.45, 2.75) is 45.8 Å². The zero-order valence-electron chi connectivity index (χ0n) is 16.3. The van der Waals surface area contributed by atoms with Crippen molar-refractivity contribution in [2.75, 3.05) is 30.8 Å². The first-order valence-corrected chi connectivity index (χ1v) is 10.0. The molecule has 0 radical (unpaired) electrons. The van der Waals surface area contributed by atoms with Gasteiger partial charge < -0.3 is 25.1 Å². The first-order chi connectivity index (χ1) is 12.7. The van der Waals surface area contributed by atoms with Crippen molar-refractivity contribution in [3.8, 4) is 0 Å². The number of pyridine rings is 1. The van der Waals surface area contributed by atoms with Crippen molar-refractivity contribution < 1.29 is 14.3 Å². The third kappa shape index (κ3) is 6.07. The molecule has 1 amide bonds. The molecule has 0 bridgehead atoms. The number of anilines is 1. The number of nitrogen functional groups attached to an aromatic ring is 1. The number of amides is 1. The Hall–Kier alpha value is -1.87. The first kappa shape index (κ1) is 21.4. The van der Waals surface area contributed by atoms with E-state index in [9.17, 15) is 4.79 Å². The van der Waals surface area contributed by atoms with Gasteiger partial charge in [0.25, 0.3) is 0 Å². The molecular formula is C18H28BrN5O3. The summed E-state index contributed by atoms with van der Waals surface area (Å²) in [5, 5.41) is 3.49. The second kappa shape index (κ2) is 9.36. The number of imidazole rings is 1. The Balaban J connectivity index is 1.87. The molecule has 0 aromatic carbocycles. The maximum atomic E-state index is 11.6. The average Bonchev–Trinajstić information content (AvgIpc) is 3.01. The molecule has 27 heavy (non-hydrogen) atoms. The predicted molar refractivity (Wildman–Crippen MR) is 109 cm³/mol. The highest BCUT2D eigenvalue weighted by atomic mass is 79.9. The lowest BCUT2D eigenvalue weighted by Crippen LogP contribution is -2.34. The molecule has 2 rings (SSSR count). The molecule has 0 aliphatic rings. The number of hydrogen-bond acceptors (Lipinski definition) is 6. The van der Waals surface area contributed by atoms with E-state index in [2.05, 4.69) is 38.1 Å². The van der Waals surface area contributed by atoms with Crippen molar-refractivity contribution in [1.29, 1.82) is 0 Å². The van der Waals surface area contributed by atoms with Crippen LogP contribution in [0.15, 0.2) is 12.5 Å². The third-order valence-corrected chi connectivity index (χ3v) is 4.82. The highest BCUT2D eigenvalue weighted by Gasteiger charge is 2.17. The maximum Gasteiger partial charge on any atom is 0.407 e. The molecule has 2 aromatic rings. The van der Waals surface area contributed by atoms with Gasteiger partial charge in [-0.2, -0.15) is 0 Å². The molecule has 1 atom stereocenters. The van der Waals surface area contributed by atoms with E-state index in [1.54, 1.807) is 6.33 Å². The molecule has 2 heterocycles. The van der Waals surface area contributed by atoms with E-state index in [1.807, 2.05) is 31.5 Å². The number of alkyl halides is 1. The summed E-state index contributed by atoms with van der Waals surface area (Å²) in [6, 6.07) is 0. The number of ether oxygens (including phenoxy) is 2. The largest absolute Gasteiger partial charge is 0.444 e. The molecule has 8 nitrogen and oxygen atoms in total. The summed E-state index contributed by atoms with van der Waals surface area (Å²) in [6.07, 6.45) is 3.13. The number of nitrogens with two attached hydrogens (primary N) is 1. The maximum absolute atomic E-state index is 11.6. The van der Waals surface area contributed by atoms with Gasteiger partial charge in [0, 0.05) is 30.2 Å². The summed E-state index contributed by atoms with van der Waals surface area (Å²) in [5.41, 5.74) is 8.26. The van der Waals surface area contributed by atoms with Crippen molar-refractivity contribution in [3.63, 3.8) is 0 Å². The summed E-state index contributed by atoms with van der Waals surface area (Å²) in [6.45, 7) is 9.52. The SMILES string of the molecule is CC(CBr)c1cnc(N)c2ncn(CCOCCNC(=O)OC(C)(C)C)c12. The fraction of sp³-hybridized carbons (Fsp3) is 0.611. The average molecular weight is 442 g/mol. The van der Waals surface area contributed by atoms with Gasteiger partial charge in [0.1, 0.15) is 11.1 Å². The Morgan fingerprint density at radius 2 is 2.11 bits per heavy atom. The number of nitrogens with zero attached hydrogens (tertiary/aromatic N) is 3.